The van der Waals surface area contributed by atoms with Crippen molar-refractivity contribution in [3.63, 3.8) is 0 Å². The van der Waals surface area contributed by atoms with E-state index in [9.17, 15) is 0 Å². The van der Waals surface area contributed by atoms with Crippen molar-refractivity contribution in [3.8, 4) is 11.8 Å². The summed E-state index contributed by atoms with van der Waals surface area (Å²) in [5, 5.41) is 15.4. The smallest absolute Gasteiger partial charge is 0.163 e. The first-order chi connectivity index (χ1) is 8.22. The van der Waals surface area contributed by atoms with Crippen LogP contribution in [-0.2, 0) is 6.61 Å². The number of nitrogens with one attached hydrogen (secondary N) is 1. The molecule has 0 spiro atoms. The highest BCUT2D eigenvalue weighted by Crippen LogP contribution is 2.19. The van der Waals surface area contributed by atoms with E-state index in [1.165, 1.54) is 0 Å². The van der Waals surface area contributed by atoms with E-state index in [0.717, 1.165) is 11.3 Å². The molecule has 1 heterocycles. The average molecular weight is 228 g/mol. The average Bonchev–Trinajstić information content (AvgIpc) is 2.69. The Morgan fingerprint density at radius 2 is 2.24 bits per heavy atom. The molecular weight excluding hydrogens is 216 g/mol. The van der Waals surface area contributed by atoms with Crippen molar-refractivity contribution in [3.05, 3.63) is 41.1 Å². The van der Waals surface area contributed by atoms with Gasteiger partial charge in [0, 0.05) is 0 Å². The minimum absolute atomic E-state index is 0.205. The number of nitriles is 1. The number of nitrogens with zero attached hydrogens (tertiary/aromatic N) is 2. The normalized spacial score (nSPS) is 9.88. The second-order valence-corrected chi connectivity index (χ2v) is 3.63. The fourth-order valence-electron chi connectivity index (χ4n) is 1.49. The van der Waals surface area contributed by atoms with E-state index < -0.39 is 0 Å². The Bertz CT molecular complexity index is 568. The van der Waals surface area contributed by atoms with Crippen LogP contribution in [0, 0.1) is 18.3 Å². The molecule has 3 N–H and O–H groups in total. The molecule has 5 nitrogen and oxygen atoms in total. The highest BCUT2D eigenvalue weighted by molar-refractivity contribution is 5.50. The minimum Gasteiger partial charge on any atom is -0.487 e. The molecule has 1 aromatic carbocycles. The number of hydrogen-bond donors (Lipinski definition) is 2. The van der Waals surface area contributed by atoms with Gasteiger partial charge in [-0.25, -0.2) is 0 Å². The molecule has 0 fully saturated rings. The van der Waals surface area contributed by atoms with Crippen LogP contribution in [0.3, 0.4) is 0 Å². The Kier molecular flexibility index (Phi) is 2.97. The molecule has 0 saturated heterocycles. The Hall–Kier alpha value is -2.48. The largest absolute Gasteiger partial charge is 0.487 e. The molecule has 0 amide bonds. The van der Waals surface area contributed by atoms with Gasteiger partial charge in [-0.05, 0) is 18.6 Å². The summed E-state index contributed by atoms with van der Waals surface area (Å²) in [4.78, 5) is 0. The van der Waals surface area contributed by atoms with Gasteiger partial charge in [-0.1, -0.05) is 18.2 Å². The fourth-order valence-corrected chi connectivity index (χ4v) is 1.49. The van der Waals surface area contributed by atoms with Crippen LogP contribution in [0.1, 0.15) is 16.8 Å². The predicted octanol–water partition coefficient (Wildman–Crippen LogP) is 1.75. The molecule has 0 aliphatic carbocycles. The number of anilines is 1. The van der Waals surface area contributed by atoms with Gasteiger partial charge in [0.05, 0.1) is 5.69 Å². The molecule has 0 aliphatic heterocycles. The number of aromatic amines is 1. The van der Waals surface area contributed by atoms with E-state index in [1.54, 1.807) is 0 Å². The van der Waals surface area contributed by atoms with Crippen LogP contribution in [0.2, 0.25) is 0 Å². The van der Waals surface area contributed by atoms with E-state index >= 15 is 0 Å². The van der Waals surface area contributed by atoms with Gasteiger partial charge >= 0.3 is 0 Å². The third kappa shape index (κ3) is 2.21. The van der Waals surface area contributed by atoms with Gasteiger partial charge in [0.15, 0.2) is 5.82 Å². The standard InChI is InChI=1S/C12H12N4O/c1-8-4-2-3-5-11(8)17-7-10-9(6-13)12(14)16-15-10/h2-5H,7H2,1H3,(H3,14,15,16). The molecule has 0 atom stereocenters. The molecule has 2 rings (SSSR count). The van der Waals surface area contributed by atoms with Gasteiger partial charge in [-0.3, -0.25) is 5.10 Å². The second-order valence-electron chi connectivity index (χ2n) is 3.63. The zero-order chi connectivity index (χ0) is 12.3. The molecule has 0 bridgehead atoms. The number of hydrogen-bond acceptors (Lipinski definition) is 4. The highest BCUT2D eigenvalue weighted by atomic mass is 16.5. The predicted molar refractivity (Wildman–Crippen MR) is 63.2 cm³/mol. The third-order valence-electron chi connectivity index (χ3n) is 2.45. The van der Waals surface area contributed by atoms with E-state index in [1.807, 2.05) is 37.3 Å². The van der Waals surface area contributed by atoms with Crippen molar-refractivity contribution in [2.45, 2.75) is 13.5 Å². The van der Waals surface area contributed by atoms with Crippen LogP contribution < -0.4 is 10.5 Å². The van der Waals surface area contributed by atoms with Crippen molar-refractivity contribution >= 4 is 5.82 Å². The van der Waals surface area contributed by atoms with E-state index in [2.05, 4.69) is 10.2 Å². The van der Waals surface area contributed by atoms with Gasteiger partial charge in [-0.15, -0.1) is 0 Å². The summed E-state index contributed by atoms with van der Waals surface area (Å²) in [6.45, 7) is 2.21. The number of ether oxygens (including phenoxy) is 1. The SMILES string of the molecule is Cc1ccccc1OCc1[nH]nc(N)c1C#N. The number of para-hydroxylation sites is 1. The number of benzene rings is 1. The Morgan fingerprint density at radius 1 is 1.47 bits per heavy atom. The number of aromatic nitrogens is 2. The third-order valence-corrected chi connectivity index (χ3v) is 2.45. The van der Waals surface area contributed by atoms with Gasteiger partial charge in [0.25, 0.3) is 0 Å². The van der Waals surface area contributed by atoms with Crippen molar-refractivity contribution in [2.75, 3.05) is 5.73 Å². The lowest BCUT2D eigenvalue weighted by molar-refractivity contribution is 0.299. The van der Waals surface area contributed by atoms with Crippen molar-refractivity contribution in [2.24, 2.45) is 0 Å². The van der Waals surface area contributed by atoms with Crippen LogP contribution in [0.25, 0.3) is 0 Å². The zero-order valence-corrected chi connectivity index (χ0v) is 9.40. The van der Waals surface area contributed by atoms with E-state index in [0.29, 0.717) is 11.3 Å². The van der Waals surface area contributed by atoms with Gasteiger partial charge in [0.2, 0.25) is 0 Å². The molecule has 0 radical (unpaired) electrons. The number of nitrogens with two attached hydrogens (primary N) is 1. The second kappa shape index (κ2) is 4.58. The molecule has 2 aromatic rings. The summed E-state index contributed by atoms with van der Waals surface area (Å²) in [6, 6.07) is 9.67. The number of aryl methyl sites for hydroxylation is 1. The monoisotopic (exact) mass is 228 g/mol. The molecule has 0 unspecified atom stereocenters. The van der Waals surface area contributed by atoms with Crippen molar-refractivity contribution in [1.29, 1.82) is 5.26 Å². The van der Waals surface area contributed by atoms with Crippen LogP contribution >= 0.6 is 0 Å². The maximum atomic E-state index is 8.89. The minimum atomic E-state index is 0.205. The summed E-state index contributed by atoms with van der Waals surface area (Å²) >= 11 is 0. The van der Waals surface area contributed by atoms with Gasteiger partial charge in [-0.2, -0.15) is 10.4 Å². The first-order valence-corrected chi connectivity index (χ1v) is 5.13. The molecule has 5 heteroatoms. The van der Waals surface area contributed by atoms with Crippen molar-refractivity contribution < 1.29 is 4.74 Å². The lowest BCUT2D eigenvalue weighted by atomic mass is 10.2. The lowest BCUT2D eigenvalue weighted by Crippen LogP contribution is -1.99. The molecule has 17 heavy (non-hydrogen) atoms. The molecule has 86 valence electrons. The Balaban J connectivity index is 2.13. The number of rotatable bonds is 3. The van der Waals surface area contributed by atoms with Crippen LogP contribution in [0.15, 0.2) is 24.3 Å². The van der Waals surface area contributed by atoms with Crippen molar-refractivity contribution in [1.82, 2.24) is 10.2 Å². The molecule has 0 aliphatic rings. The lowest BCUT2D eigenvalue weighted by Gasteiger charge is -2.07. The summed E-state index contributed by atoms with van der Waals surface area (Å²) in [5.41, 5.74) is 7.51. The quantitative estimate of drug-likeness (QED) is 0.837. The highest BCUT2D eigenvalue weighted by Gasteiger charge is 2.10. The Morgan fingerprint density at radius 3 is 2.94 bits per heavy atom. The van der Waals surface area contributed by atoms with E-state index in [-0.39, 0.29) is 12.4 Å². The molecule has 1 aromatic heterocycles. The summed E-state index contributed by atoms with van der Waals surface area (Å²) in [5.74, 6) is 0.987. The van der Waals surface area contributed by atoms with Gasteiger partial charge in [0.1, 0.15) is 24.0 Å². The number of H-pyrrole nitrogens is 1. The Labute approximate surface area is 98.8 Å². The van der Waals surface area contributed by atoms with Gasteiger partial charge < -0.3 is 10.5 Å². The van der Waals surface area contributed by atoms with Crippen LogP contribution in [-0.4, -0.2) is 10.2 Å². The van der Waals surface area contributed by atoms with Crippen LogP contribution in [0.4, 0.5) is 5.82 Å². The summed E-state index contributed by atoms with van der Waals surface area (Å²) in [7, 11) is 0. The first-order valence-electron chi connectivity index (χ1n) is 5.13. The maximum Gasteiger partial charge on any atom is 0.163 e. The number of nitrogen functional groups attached to an aromatic ring is 1. The maximum absolute atomic E-state index is 8.89. The zero-order valence-electron chi connectivity index (χ0n) is 9.40. The summed E-state index contributed by atoms with van der Waals surface area (Å²) in [6.07, 6.45) is 0. The van der Waals surface area contributed by atoms with Crippen LogP contribution in [0.5, 0.6) is 5.75 Å². The topological polar surface area (TPSA) is 87.7 Å². The first kappa shape index (κ1) is 11.0. The fraction of sp³-hybridized carbons (Fsp3) is 0.167. The molecular formula is C12H12N4O. The van der Waals surface area contributed by atoms with E-state index in [4.69, 9.17) is 15.7 Å². The summed E-state index contributed by atoms with van der Waals surface area (Å²) < 4.78 is 5.60. The molecule has 0 saturated carbocycles.